The van der Waals surface area contributed by atoms with E-state index < -0.39 is 10.0 Å². The second-order valence-corrected chi connectivity index (χ2v) is 8.44. The van der Waals surface area contributed by atoms with Crippen LogP contribution in [0.2, 0.25) is 10.0 Å². The molecule has 0 radical (unpaired) electrons. The van der Waals surface area contributed by atoms with Crippen molar-refractivity contribution in [2.24, 2.45) is 0 Å². The van der Waals surface area contributed by atoms with Gasteiger partial charge in [-0.15, -0.1) is 0 Å². The van der Waals surface area contributed by atoms with Gasteiger partial charge in [0.05, 0.1) is 21.5 Å². The van der Waals surface area contributed by atoms with E-state index in [1.54, 1.807) is 12.1 Å². The molecule has 5 nitrogen and oxygen atoms in total. The normalized spacial score (nSPS) is 11.5. The zero-order valence-corrected chi connectivity index (χ0v) is 16.6. The smallest absolute Gasteiger partial charge is 0.243 e. The summed E-state index contributed by atoms with van der Waals surface area (Å²) in [6, 6.07) is 13.2. The lowest BCUT2D eigenvalue weighted by Crippen LogP contribution is -2.40. The Balaban J connectivity index is 2.33. The summed E-state index contributed by atoms with van der Waals surface area (Å²) in [5, 5.41) is 3.11. The van der Waals surface area contributed by atoms with Gasteiger partial charge in [0.25, 0.3) is 0 Å². The van der Waals surface area contributed by atoms with E-state index in [0.717, 1.165) is 16.3 Å². The largest absolute Gasteiger partial charge is 0.355 e. The lowest BCUT2D eigenvalue weighted by molar-refractivity contribution is -0.121. The molecule has 1 N–H and O–H groups in total. The van der Waals surface area contributed by atoms with Gasteiger partial charge in [-0.25, -0.2) is 8.42 Å². The highest BCUT2D eigenvalue weighted by Gasteiger charge is 2.27. The summed E-state index contributed by atoms with van der Waals surface area (Å²) < 4.78 is 27.2. The van der Waals surface area contributed by atoms with Crippen LogP contribution in [0, 0.1) is 0 Å². The van der Waals surface area contributed by atoms with E-state index in [-0.39, 0.29) is 33.9 Å². The van der Waals surface area contributed by atoms with Crippen LogP contribution in [0.1, 0.15) is 18.9 Å². The Labute approximate surface area is 164 Å². The quantitative estimate of drug-likeness (QED) is 0.715. The average Bonchev–Trinajstić information content (AvgIpc) is 2.62. The Kier molecular flexibility index (Phi) is 7.46. The first-order valence-corrected chi connectivity index (χ1v) is 10.3. The van der Waals surface area contributed by atoms with Crippen LogP contribution in [0.3, 0.4) is 0 Å². The van der Waals surface area contributed by atoms with E-state index in [9.17, 15) is 13.2 Å². The zero-order chi connectivity index (χ0) is 19.2. The van der Waals surface area contributed by atoms with E-state index in [0.29, 0.717) is 6.54 Å². The van der Waals surface area contributed by atoms with Gasteiger partial charge in [-0.2, -0.15) is 4.31 Å². The van der Waals surface area contributed by atoms with Crippen LogP contribution >= 0.6 is 23.2 Å². The standard InChI is InChI=1S/C18H20Cl2N2O3S/c1-2-10-21-18(23)13-22(12-14-6-4-3-5-7-14)26(24,25)15-8-9-16(19)17(20)11-15/h3-9,11H,2,10,12-13H2,1H3,(H,21,23). The maximum Gasteiger partial charge on any atom is 0.243 e. The Bertz CT molecular complexity index is 858. The molecule has 2 aromatic rings. The first-order chi connectivity index (χ1) is 12.3. The van der Waals surface area contributed by atoms with Crippen LogP contribution in [0.4, 0.5) is 0 Å². The Morgan fingerprint density at radius 3 is 2.38 bits per heavy atom. The Hall–Kier alpha value is -1.60. The van der Waals surface area contributed by atoms with Crippen LogP contribution in [0.5, 0.6) is 0 Å². The number of benzene rings is 2. The molecule has 2 aromatic carbocycles. The van der Waals surface area contributed by atoms with Crippen molar-refractivity contribution in [2.45, 2.75) is 24.8 Å². The zero-order valence-electron chi connectivity index (χ0n) is 14.3. The van der Waals surface area contributed by atoms with Crippen molar-refractivity contribution in [1.82, 2.24) is 9.62 Å². The summed E-state index contributed by atoms with van der Waals surface area (Å²) >= 11 is 11.8. The second-order valence-electron chi connectivity index (χ2n) is 5.68. The van der Waals surface area contributed by atoms with Gasteiger partial charge >= 0.3 is 0 Å². The van der Waals surface area contributed by atoms with Crippen LogP contribution < -0.4 is 5.32 Å². The number of carbonyl (C=O) groups excluding carboxylic acids is 1. The van der Waals surface area contributed by atoms with Crippen molar-refractivity contribution in [3.05, 3.63) is 64.1 Å². The van der Waals surface area contributed by atoms with Crippen LogP contribution in [0.15, 0.2) is 53.4 Å². The third-order valence-electron chi connectivity index (χ3n) is 3.62. The molecule has 0 aliphatic carbocycles. The maximum atomic E-state index is 13.1. The van der Waals surface area contributed by atoms with Crippen LogP contribution in [0.25, 0.3) is 0 Å². The third-order valence-corrected chi connectivity index (χ3v) is 6.15. The first-order valence-electron chi connectivity index (χ1n) is 8.10. The summed E-state index contributed by atoms with van der Waals surface area (Å²) in [4.78, 5) is 12.1. The average molecular weight is 415 g/mol. The molecule has 0 aromatic heterocycles. The SMILES string of the molecule is CCCNC(=O)CN(Cc1ccccc1)S(=O)(=O)c1ccc(Cl)c(Cl)c1. The van der Waals surface area contributed by atoms with Gasteiger partial charge in [0.2, 0.25) is 15.9 Å². The third kappa shape index (κ3) is 5.45. The maximum absolute atomic E-state index is 13.1. The Morgan fingerprint density at radius 1 is 1.08 bits per heavy atom. The van der Waals surface area contributed by atoms with Crippen molar-refractivity contribution in [1.29, 1.82) is 0 Å². The van der Waals surface area contributed by atoms with E-state index in [1.807, 2.05) is 25.1 Å². The highest BCUT2D eigenvalue weighted by atomic mass is 35.5. The molecule has 0 fully saturated rings. The van der Waals surface area contributed by atoms with Gasteiger partial charge in [0, 0.05) is 13.1 Å². The van der Waals surface area contributed by atoms with Gasteiger partial charge in [0.15, 0.2) is 0 Å². The molecule has 0 heterocycles. The van der Waals surface area contributed by atoms with Gasteiger partial charge in [-0.05, 0) is 30.2 Å². The molecule has 140 valence electrons. The number of halogens is 2. The van der Waals surface area contributed by atoms with Crippen molar-refractivity contribution < 1.29 is 13.2 Å². The Morgan fingerprint density at radius 2 is 1.77 bits per heavy atom. The molecule has 0 bridgehead atoms. The fourth-order valence-electron chi connectivity index (χ4n) is 2.28. The van der Waals surface area contributed by atoms with Crippen molar-refractivity contribution in [2.75, 3.05) is 13.1 Å². The lowest BCUT2D eigenvalue weighted by Gasteiger charge is -2.22. The summed E-state index contributed by atoms with van der Waals surface area (Å²) in [7, 11) is -3.93. The monoisotopic (exact) mass is 414 g/mol. The molecule has 0 saturated carbocycles. The van der Waals surface area contributed by atoms with Crippen LogP contribution in [-0.2, 0) is 21.4 Å². The lowest BCUT2D eigenvalue weighted by atomic mass is 10.2. The topological polar surface area (TPSA) is 66.5 Å². The minimum absolute atomic E-state index is 0.00822. The highest BCUT2D eigenvalue weighted by Crippen LogP contribution is 2.27. The molecule has 0 spiro atoms. The number of hydrogen-bond donors (Lipinski definition) is 1. The highest BCUT2D eigenvalue weighted by molar-refractivity contribution is 7.89. The minimum Gasteiger partial charge on any atom is -0.355 e. The summed E-state index contributed by atoms with van der Waals surface area (Å²) in [5.74, 6) is -0.355. The van der Waals surface area contributed by atoms with E-state index in [2.05, 4.69) is 5.32 Å². The molecule has 0 aliphatic heterocycles. The van der Waals surface area contributed by atoms with E-state index in [1.165, 1.54) is 18.2 Å². The van der Waals surface area contributed by atoms with Crippen molar-refractivity contribution in [3.63, 3.8) is 0 Å². The first kappa shape index (κ1) is 20.7. The molecule has 8 heteroatoms. The van der Waals surface area contributed by atoms with Gasteiger partial charge in [-0.3, -0.25) is 4.79 Å². The molecular weight excluding hydrogens is 395 g/mol. The molecular formula is C18H20Cl2N2O3S. The van der Waals surface area contributed by atoms with Crippen molar-refractivity contribution in [3.8, 4) is 0 Å². The van der Waals surface area contributed by atoms with Gasteiger partial charge in [0.1, 0.15) is 0 Å². The number of carbonyl (C=O) groups is 1. The van der Waals surface area contributed by atoms with Crippen LogP contribution in [-0.4, -0.2) is 31.7 Å². The molecule has 2 rings (SSSR count). The number of sulfonamides is 1. The van der Waals surface area contributed by atoms with E-state index in [4.69, 9.17) is 23.2 Å². The molecule has 0 aliphatic rings. The predicted molar refractivity (Wildman–Crippen MR) is 104 cm³/mol. The number of rotatable bonds is 8. The fourth-order valence-corrected chi connectivity index (χ4v) is 4.05. The molecule has 0 saturated heterocycles. The summed E-state index contributed by atoms with van der Waals surface area (Å²) in [5.41, 5.74) is 0.777. The number of hydrogen-bond acceptors (Lipinski definition) is 3. The fraction of sp³-hybridized carbons (Fsp3) is 0.278. The second kappa shape index (κ2) is 9.37. The number of nitrogens with one attached hydrogen (secondary N) is 1. The predicted octanol–water partition coefficient (Wildman–Crippen LogP) is 3.71. The molecule has 1 amide bonds. The van der Waals surface area contributed by atoms with Gasteiger partial charge < -0.3 is 5.32 Å². The van der Waals surface area contributed by atoms with E-state index >= 15 is 0 Å². The minimum atomic E-state index is -3.93. The summed E-state index contributed by atoms with van der Waals surface area (Å²) in [6.45, 7) is 2.21. The number of nitrogens with zero attached hydrogens (tertiary/aromatic N) is 1. The summed E-state index contributed by atoms with van der Waals surface area (Å²) in [6.07, 6.45) is 0.768. The van der Waals surface area contributed by atoms with Gasteiger partial charge in [-0.1, -0.05) is 60.5 Å². The number of amides is 1. The molecule has 0 atom stereocenters. The molecule has 0 unspecified atom stereocenters. The van der Waals surface area contributed by atoms with Crippen molar-refractivity contribution >= 4 is 39.1 Å². The molecule has 26 heavy (non-hydrogen) atoms.